The molecule has 0 saturated carbocycles. The summed E-state index contributed by atoms with van der Waals surface area (Å²) in [5.41, 5.74) is 1.71. The lowest BCUT2D eigenvalue weighted by molar-refractivity contribution is -0.126. The molecule has 0 aliphatic heterocycles. The van der Waals surface area contributed by atoms with Gasteiger partial charge in [-0.1, -0.05) is 18.2 Å². The van der Waals surface area contributed by atoms with Gasteiger partial charge in [0.2, 0.25) is 5.91 Å². The molecule has 3 aromatic heterocycles. The molecule has 0 aliphatic rings. The maximum Gasteiger partial charge on any atom is 0.327 e. The Morgan fingerprint density at radius 1 is 1.17 bits per heavy atom. The number of amides is 1. The number of rotatable bonds is 4. The third-order valence-corrected chi connectivity index (χ3v) is 5.03. The highest BCUT2D eigenvalue weighted by atomic mass is 16.2. The largest absolute Gasteiger partial charge is 0.361 e. The van der Waals surface area contributed by atoms with Crippen molar-refractivity contribution in [2.75, 3.05) is 7.05 Å². The van der Waals surface area contributed by atoms with E-state index in [1.165, 1.54) is 12.3 Å². The Kier molecular flexibility index (Phi) is 4.59. The molecule has 3 N–H and O–H groups in total. The van der Waals surface area contributed by atoms with E-state index in [0.29, 0.717) is 5.56 Å². The summed E-state index contributed by atoms with van der Waals surface area (Å²) in [4.78, 5) is 49.4. The summed E-state index contributed by atoms with van der Waals surface area (Å²) in [7, 11) is 1.74. The summed E-state index contributed by atoms with van der Waals surface area (Å²) in [6.45, 7) is 1.97. The first-order valence-corrected chi connectivity index (χ1v) is 9.07. The number of likely N-dealkylation sites (N-methyl/N-ethyl adjacent to an activating group) is 1. The van der Waals surface area contributed by atoms with Crippen molar-refractivity contribution in [2.24, 2.45) is 0 Å². The molecule has 4 rings (SSSR count). The SMILES string of the molecule is CC(c1c[nH]c2ccccc12)N(C)C(=O)/C=C/c1cnc2[nH]c(=O)[nH]c(=O)c2c1. The maximum absolute atomic E-state index is 12.7. The van der Waals surface area contributed by atoms with Crippen LogP contribution in [0.1, 0.15) is 24.1 Å². The van der Waals surface area contributed by atoms with Gasteiger partial charge in [-0.3, -0.25) is 19.6 Å². The second-order valence-electron chi connectivity index (χ2n) is 6.82. The van der Waals surface area contributed by atoms with Crippen molar-refractivity contribution in [2.45, 2.75) is 13.0 Å². The number of pyridine rings is 1. The predicted octanol–water partition coefficient (Wildman–Crippen LogP) is 2.33. The lowest BCUT2D eigenvalue weighted by Crippen LogP contribution is -2.27. The zero-order valence-corrected chi connectivity index (χ0v) is 15.9. The predicted molar refractivity (Wildman–Crippen MR) is 112 cm³/mol. The number of aromatic amines is 3. The molecule has 8 heteroatoms. The highest BCUT2D eigenvalue weighted by molar-refractivity contribution is 5.93. The average molecular weight is 389 g/mol. The Morgan fingerprint density at radius 2 is 1.97 bits per heavy atom. The number of hydrogen-bond acceptors (Lipinski definition) is 4. The molecule has 1 unspecified atom stereocenters. The number of fused-ring (bicyclic) bond motifs is 2. The van der Waals surface area contributed by atoms with Crippen LogP contribution in [0.25, 0.3) is 28.0 Å². The number of para-hydroxylation sites is 1. The van der Waals surface area contributed by atoms with Crippen molar-refractivity contribution in [3.05, 3.63) is 80.8 Å². The minimum absolute atomic E-state index is 0.133. The van der Waals surface area contributed by atoms with Crippen molar-refractivity contribution in [1.29, 1.82) is 0 Å². The molecule has 0 bridgehead atoms. The van der Waals surface area contributed by atoms with E-state index in [2.05, 4.69) is 19.9 Å². The Morgan fingerprint density at radius 3 is 2.79 bits per heavy atom. The Hall–Kier alpha value is -3.94. The molecular weight excluding hydrogens is 370 g/mol. The zero-order valence-electron chi connectivity index (χ0n) is 15.9. The van der Waals surface area contributed by atoms with Crippen molar-refractivity contribution < 1.29 is 4.79 Å². The maximum atomic E-state index is 12.7. The van der Waals surface area contributed by atoms with E-state index in [1.54, 1.807) is 24.1 Å². The van der Waals surface area contributed by atoms with Crippen LogP contribution in [0.3, 0.4) is 0 Å². The third-order valence-electron chi connectivity index (χ3n) is 5.03. The first kappa shape index (κ1) is 18.4. The van der Waals surface area contributed by atoms with Gasteiger partial charge in [0.15, 0.2) is 0 Å². The zero-order chi connectivity index (χ0) is 20.5. The van der Waals surface area contributed by atoms with Crippen molar-refractivity contribution in [3.63, 3.8) is 0 Å². The fourth-order valence-electron chi connectivity index (χ4n) is 3.28. The third kappa shape index (κ3) is 3.47. The van der Waals surface area contributed by atoms with E-state index in [4.69, 9.17) is 0 Å². The van der Waals surface area contributed by atoms with Crippen molar-refractivity contribution in [3.8, 4) is 0 Å². The van der Waals surface area contributed by atoms with Crippen LogP contribution in [-0.2, 0) is 4.79 Å². The summed E-state index contributed by atoms with van der Waals surface area (Å²) in [6.07, 6.45) is 6.44. The number of nitrogens with zero attached hydrogens (tertiary/aromatic N) is 2. The summed E-state index contributed by atoms with van der Waals surface area (Å²) in [6, 6.07) is 9.39. The van der Waals surface area contributed by atoms with Crippen LogP contribution in [0.4, 0.5) is 0 Å². The van der Waals surface area contributed by atoms with Gasteiger partial charge in [-0.05, 0) is 36.3 Å². The lowest BCUT2D eigenvalue weighted by Gasteiger charge is -2.23. The van der Waals surface area contributed by atoms with Gasteiger partial charge >= 0.3 is 5.69 Å². The van der Waals surface area contributed by atoms with Crippen molar-refractivity contribution >= 4 is 33.9 Å². The molecular formula is C21H19N5O3. The van der Waals surface area contributed by atoms with E-state index in [-0.39, 0.29) is 23.0 Å². The first-order chi connectivity index (χ1) is 13.9. The molecule has 29 heavy (non-hydrogen) atoms. The van der Waals surface area contributed by atoms with E-state index in [0.717, 1.165) is 16.5 Å². The molecule has 8 nitrogen and oxygen atoms in total. The van der Waals surface area contributed by atoms with Crippen LogP contribution in [0, 0.1) is 0 Å². The highest BCUT2D eigenvalue weighted by Gasteiger charge is 2.18. The molecule has 0 spiro atoms. The van der Waals surface area contributed by atoms with Gasteiger partial charge in [-0.25, -0.2) is 9.78 Å². The summed E-state index contributed by atoms with van der Waals surface area (Å²) >= 11 is 0. The van der Waals surface area contributed by atoms with Gasteiger partial charge in [-0.15, -0.1) is 0 Å². The number of benzene rings is 1. The second-order valence-corrected chi connectivity index (χ2v) is 6.82. The van der Waals surface area contributed by atoms with Crippen LogP contribution < -0.4 is 11.2 Å². The molecule has 1 amide bonds. The summed E-state index contributed by atoms with van der Waals surface area (Å²) in [5.74, 6) is -0.182. The van der Waals surface area contributed by atoms with Crippen LogP contribution >= 0.6 is 0 Å². The van der Waals surface area contributed by atoms with Gasteiger partial charge in [0, 0.05) is 36.4 Å². The molecule has 146 valence electrons. The molecule has 0 saturated heterocycles. The quantitative estimate of drug-likeness (QED) is 0.465. The van der Waals surface area contributed by atoms with Gasteiger partial charge in [0.25, 0.3) is 5.56 Å². The number of carbonyl (C=O) groups is 1. The van der Waals surface area contributed by atoms with Crippen LogP contribution in [0.15, 0.2) is 58.4 Å². The van der Waals surface area contributed by atoms with Crippen molar-refractivity contribution in [1.82, 2.24) is 24.8 Å². The van der Waals surface area contributed by atoms with Crippen LogP contribution in [0.5, 0.6) is 0 Å². The Labute approximate surface area is 164 Å². The van der Waals surface area contributed by atoms with E-state index < -0.39 is 11.2 Å². The topological polar surface area (TPSA) is 115 Å². The molecule has 1 aromatic carbocycles. The van der Waals surface area contributed by atoms with Gasteiger partial charge in [0.1, 0.15) is 5.65 Å². The van der Waals surface area contributed by atoms with Gasteiger partial charge in [0.05, 0.1) is 11.4 Å². The van der Waals surface area contributed by atoms with Gasteiger partial charge < -0.3 is 9.88 Å². The highest BCUT2D eigenvalue weighted by Crippen LogP contribution is 2.27. The van der Waals surface area contributed by atoms with E-state index in [1.807, 2.05) is 37.4 Å². The number of H-pyrrole nitrogens is 3. The number of aromatic nitrogens is 4. The number of nitrogens with one attached hydrogen (secondary N) is 3. The fraction of sp³-hybridized carbons (Fsp3) is 0.143. The number of carbonyl (C=O) groups excluding carboxylic acids is 1. The Balaban J connectivity index is 1.56. The minimum Gasteiger partial charge on any atom is -0.361 e. The first-order valence-electron chi connectivity index (χ1n) is 9.07. The standard InChI is InChI=1S/C21H19N5O3/c1-12(16-11-22-17-6-4-3-5-14(16)17)26(2)18(27)8-7-13-9-15-19(23-10-13)24-21(29)25-20(15)28/h3-12,22H,1-2H3,(H2,23,24,25,28,29)/b8-7+. The van der Waals surface area contributed by atoms with E-state index >= 15 is 0 Å². The molecule has 4 aromatic rings. The summed E-state index contributed by atoms with van der Waals surface area (Å²) < 4.78 is 0. The van der Waals surface area contributed by atoms with E-state index in [9.17, 15) is 14.4 Å². The lowest BCUT2D eigenvalue weighted by atomic mass is 10.1. The average Bonchev–Trinajstić information content (AvgIpc) is 3.15. The smallest absolute Gasteiger partial charge is 0.327 e. The second kappa shape index (κ2) is 7.23. The molecule has 1 atom stereocenters. The Bertz CT molecular complexity index is 1360. The van der Waals surface area contributed by atoms with Crippen LogP contribution in [0.2, 0.25) is 0 Å². The fourth-order valence-corrected chi connectivity index (χ4v) is 3.28. The van der Waals surface area contributed by atoms with Crippen LogP contribution in [-0.4, -0.2) is 37.8 Å². The van der Waals surface area contributed by atoms with Gasteiger partial charge in [-0.2, -0.15) is 0 Å². The number of hydrogen-bond donors (Lipinski definition) is 3. The molecule has 3 heterocycles. The molecule has 0 aliphatic carbocycles. The molecule has 0 fully saturated rings. The molecule has 0 radical (unpaired) electrons. The monoisotopic (exact) mass is 389 g/mol. The summed E-state index contributed by atoms with van der Waals surface area (Å²) in [5, 5.41) is 1.33. The normalized spacial score (nSPS) is 12.6. The minimum atomic E-state index is -0.610.